The zero-order valence-electron chi connectivity index (χ0n) is 27.1. The summed E-state index contributed by atoms with van der Waals surface area (Å²) in [7, 11) is 0. The second-order valence-corrected chi connectivity index (χ2v) is 15.0. The van der Waals surface area contributed by atoms with Crippen molar-refractivity contribution in [1.82, 2.24) is 0 Å². The first-order valence-electron chi connectivity index (χ1n) is 19.4. The van der Waals surface area contributed by atoms with Crippen LogP contribution < -0.4 is 0 Å². The Balaban J connectivity index is 1.65. The van der Waals surface area contributed by atoms with E-state index in [0.717, 1.165) is 23.7 Å². The Bertz CT molecular complexity index is 484. The van der Waals surface area contributed by atoms with Gasteiger partial charge in [0.1, 0.15) is 0 Å². The Morgan fingerprint density at radius 3 is 0.718 bits per heavy atom. The molecule has 3 aliphatic rings. The van der Waals surface area contributed by atoms with Crippen molar-refractivity contribution in [1.29, 1.82) is 0 Å². The van der Waals surface area contributed by atoms with Crippen LogP contribution in [0.15, 0.2) is 0 Å². The van der Waals surface area contributed by atoms with Crippen LogP contribution in [0.4, 0.5) is 0 Å². The molecule has 0 spiro atoms. The molecule has 0 radical (unpaired) electrons. The van der Waals surface area contributed by atoms with E-state index >= 15 is 0 Å². The molecular weight excluding hydrogens is 468 g/mol. The fraction of sp³-hybridized carbons (Fsp3) is 1.00. The maximum atomic E-state index is 1.61. The quantitative estimate of drug-likeness (QED) is 0.324. The van der Waals surface area contributed by atoms with Crippen LogP contribution in [0, 0.1) is 23.7 Å². The molecule has 39 heavy (non-hydrogen) atoms. The molecule has 0 aromatic heterocycles. The molecule has 0 heterocycles. The Hall–Kier alpha value is 0. The largest absolute Gasteiger partial charge is 0.0533 e. The third-order valence-electron chi connectivity index (χ3n) is 11.5. The molecule has 0 amide bonds. The first-order valence-corrected chi connectivity index (χ1v) is 19.4. The average molecular weight is 543 g/mol. The van der Waals surface area contributed by atoms with Gasteiger partial charge in [-0.2, -0.15) is 0 Å². The van der Waals surface area contributed by atoms with Gasteiger partial charge in [0, 0.05) is 0 Å². The van der Waals surface area contributed by atoms with Crippen molar-refractivity contribution in [2.24, 2.45) is 23.7 Å². The molecule has 3 aliphatic carbocycles. The van der Waals surface area contributed by atoms with Crippen molar-refractivity contribution in [3.05, 3.63) is 0 Å². The summed E-state index contributed by atoms with van der Waals surface area (Å²) < 4.78 is 0. The third-order valence-corrected chi connectivity index (χ3v) is 11.5. The molecule has 0 aromatic carbocycles. The van der Waals surface area contributed by atoms with Gasteiger partial charge >= 0.3 is 0 Å². The van der Waals surface area contributed by atoms with Crippen LogP contribution in [0.3, 0.4) is 0 Å². The van der Waals surface area contributed by atoms with E-state index in [-0.39, 0.29) is 0 Å². The zero-order chi connectivity index (χ0) is 27.1. The van der Waals surface area contributed by atoms with Gasteiger partial charge in [0.25, 0.3) is 0 Å². The molecule has 3 rings (SSSR count). The molecule has 1 atom stereocenters. The van der Waals surface area contributed by atoms with E-state index in [2.05, 4.69) is 0 Å². The second-order valence-electron chi connectivity index (χ2n) is 15.0. The van der Waals surface area contributed by atoms with Crippen molar-refractivity contribution in [3.63, 3.8) is 0 Å². The SMILES string of the molecule is C1CCCCCCCC(C(CC2CCCCCCCCCCCC2)CC2CCCCCCC2)CCCCCC1. The minimum atomic E-state index is 1.04. The van der Waals surface area contributed by atoms with E-state index in [1.54, 1.807) is 51.4 Å². The minimum Gasteiger partial charge on any atom is -0.0533 e. The predicted octanol–water partition coefficient (Wildman–Crippen LogP) is 14.1. The first-order chi connectivity index (χ1) is 19.4. The summed E-state index contributed by atoms with van der Waals surface area (Å²) in [6.07, 6.45) is 53.6. The highest BCUT2D eigenvalue weighted by Crippen LogP contribution is 2.40. The molecule has 0 N–H and O–H groups in total. The van der Waals surface area contributed by atoms with Gasteiger partial charge in [-0.25, -0.2) is 0 Å². The van der Waals surface area contributed by atoms with Gasteiger partial charge in [-0.3, -0.25) is 0 Å². The highest BCUT2D eigenvalue weighted by molar-refractivity contribution is 4.79. The molecule has 0 bridgehead atoms. The maximum absolute atomic E-state index is 1.61. The van der Waals surface area contributed by atoms with Gasteiger partial charge < -0.3 is 0 Å². The minimum absolute atomic E-state index is 1.04. The molecule has 3 saturated carbocycles. The number of hydrogen-bond donors (Lipinski definition) is 0. The maximum Gasteiger partial charge on any atom is -0.0381 e. The molecule has 230 valence electrons. The monoisotopic (exact) mass is 543 g/mol. The lowest BCUT2D eigenvalue weighted by Crippen LogP contribution is -2.23. The smallest absolute Gasteiger partial charge is 0.0381 e. The highest BCUT2D eigenvalue weighted by atomic mass is 14.3. The predicted molar refractivity (Wildman–Crippen MR) is 176 cm³/mol. The molecule has 3 fully saturated rings. The van der Waals surface area contributed by atoms with Gasteiger partial charge in [0.05, 0.1) is 0 Å². The zero-order valence-corrected chi connectivity index (χ0v) is 27.1. The summed E-state index contributed by atoms with van der Waals surface area (Å²) >= 11 is 0. The van der Waals surface area contributed by atoms with Crippen LogP contribution in [-0.4, -0.2) is 0 Å². The standard InChI is InChI=1S/C39H74/c1-2-4-10-14-21-27-33-38(32-26-20-13-9-3-1)39(35-37-30-24-18-15-19-25-31-37)34-36-28-22-16-11-7-5-6-8-12-17-23-29-36/h36-39H,1-35H2. The second kappa shape index (κ2) is 23.6. The lowest BCUT2D eigenvalue weighted by atomic mass is 9.71. The Kier molecular flexibility index (Phi) is 20.2. The summed E-state index contributed by atoms with van der Waals surface area (Å²) in [5.74, 6) is 4.19. The summed E-state index contributed by atoms with van der Waals surface area (Å²) in [5, 5.41) is 0. The molecule has 0 aliphatic heterocycles. The number of hydrogen-bond acceptors (Lipinski definition) is 0. The molecule has 0 heteroatoms. The van der Waals surface area contributed by atoms with Gasteiger partial charge in [-0.15, -0.1) is 0 Å². The van der Waals surface area contributed by atoms with E-state index in [0.29, 0.717) is 0 Å². The fourth-order valence-electron chi connectivity index (χ4n) is 8.97. The lowest BCUT2D eigenvalue weighted by Gasteiger charge is -2.34. The van der Waals surface area contributed by atoms with Gasteiger partial charge in [-0.05, 0) is 36.5 Å². The van der Waals surface area contributed by atoms with Crippen LogP contribution in [-0.2, 0) is 0 Å². The van der Waals surface area contributed by atoms with E-state index in [4.69, 9.17) is 0 Å². The van der Waals surface area contributed by atoms with E-state index < -0.39 is 0 Å². The van der Waals surface area contributed by atoms with Crippen LogP contribution in [0.5, 0.6) is 0 Å². The summed E-state index contributed by atoms with van der Waals surface area (Å²) in [4.78, 5) is 0. The first kappa shape index (κ1) is 33.5. The molecular formula is C39H74. The fourth-order valence-corrected chi connectivity index (χ4v) is 8.97. The van der Waals surface area contributed by atoms with Crippen LogP contribution in [0.1, 0.15) is 225 Å². The summed E-state index contributed by atoms with van der Waals surface area (Å²) in [6.45, 7) is 0. The summed E-state index contributed by atoms with van der Waals surface area (Å²) in [6, 6.07) is 0. The van der Waals surface area contributed by atoms with Crippen LogP contribution in [0.25, 0.3) is 0 Å². The van der Waals surface area contributed by atoms with E-state index in [9.17, 15) is 0 Å². The topological polar surface area (TPSA) is 0 Å². The van der Waals surface area contributed by atoms with Crippen molar-refractivity contribution < 1.29 is 0 Å². The van der Waals surface area contributed by atoms with Crippen molar-refractivity contribution >= 4 is 0 Å². The third kappa shape index (κ3) is 16.9. The van der Waals surface area contributed by atoms with Crippen molar-refractivity contribution in [2.75, 3.05) is 0 Å². The normalized spacial score (nSPS) is 26.5. The Morgan fingerprint density at radius 2 is 0.462 bits per heavy atom. The van der Waals surface area contributed by atoms with Gasteiger partial charge in [0.15, 0.2) is 0 Å². The van der Waals surface area contributed by atoms with Crippen molar-refractivity contribution in [2.45, 2.75) is 225 Å². The van der Waals surface area contributed by atoms with Gasteiger partial charge in [-0.1, -0.05) is 212 Å². The van der Waals surface area contributed by atoms with Gasteiger partial charge in [0.2, 0.25) is 0 Å². The van der Waals surface area contributed by atoms with Crippen molar-refractivity contribution in [3.8, 4) is 0 Å². The molecule has 0 saturated heterocycles. The molecule has 0 nitrogen and oxygen atoms in total. The highest BCUT2D eigenvalue weighted by Gasteiger charge is 2.27. The number of rotatable bonds is 5. The van der Waals surface area contributed by atoms with Crippen LogP contribution >= 0.6 is 0 Å². The lowest BCUT2D eigenvalue weighted by molar-refractivity contribution is 0.169. The molecule has 1 unspecified atom stereocenters. The van der Waals surface area contributed by atoms with E-state index in [1.165, 1.54) is 173 Å². The average Bonchev–Trinajstić information content (AvgIpc) is 2.93. The summed E-state index contributed by atoms with van der Waals surface area (Å²) in [5.41, 5.74) is 0. The van der Waals surface area contributed by atoms with E-state index in [1.807, 2.05) is 0 Å². The van der Waals surface area contributed by atoms with Crippen LogP contribution in [0.2, 0.25) is 0 Å². The Labute approximate surface area is 248 Å². The molecule has 0 aromatic rings. The Morgan fingerprint density at radius 1 is 0.256 bits per heavy atom.